The summed E-state index contributed by atoms with van der Waals surface area (Å²) in [5.41, 5.74) is 2.51. The van der Waals surface area contributed by atoms with Crippen LogP contribution in [-0.4, -0.2) is 48.2 Å². The number of ether oxygens (including phenoxy) is 1. The van der Waals surface area contributed by atoms with Crippen molar-refractivity contribution in [1.82, 2.24) is 9.88 Å². The first kappa shape index (κ1) is 18.9. The molecule has 23 heavy (non-hydrogen) atoms. The molecule has 0 aromatic carbocycles. The molecule has 1 aromatic rings. The lowest BCUT2D eigenvalue weighted by molar-refractivity contribution is -0.145. The SMILES string of the molecule is CCCc1c(C(=O)N(C)CC(C)C(=O)OC)[nH]c(C)c1C(C)=O. The largest absolute Gasteiger partial charge is 0.469 e. The number of Topliss-reactive ketones (excluding diaryl/α,β-unsaturated/α-hetero) is 1. The van der Waals surface area contributed by atoms with E-state index in [9.17, 15) is 14.4 Å². The lowest BCUT2D eigenvalue weighted by Gasteiger charge is -2.20. The van der Waals surface area contributed by atoms with E-state index in [0.717, 1.165) is 12.0 Å². The number of aryl methyl sites for hydroxylation is 1. The van der Waals surface area contributed by atoms with Gasteiger partial charge in [-0.25, -0.2) is 0 Å². The lowest BCUT2D eigenvalue weighted by atomic mass is 10.0. The zero-order valence-electron chi connectivity index (χ0n) is 14.8. The van der Waals surface area contributed by atoms with E-state index in [0.29, 0.717) is 23.4 Å². The first-order valence-corrected chi connectivity index (χ1v) is 7.80. The van der Waals surface area contributed by atoms with Gasteiger partial charge in [0.2, 0.25) is 0 Å². The van der Waals surface area contributed by atoms with E-state index in [1.165, 1.54) is 18.9 Å². The molecule has 1 aromatic heterocycles. The number of aromatic nitrogens is 1. The molecular formula is C17H26N2O4. The fourth-order valence-electron chi connectivity index (χ4n) is 2.80. The first-order valence-electron chi connectivity index (χ1n) is 7.80. The van der Waals surface area contributed by atoms with Crippen molar-refractivity contribution in [3.05, 3.63) is 22.5 Å². The van der Waals surface area contributed by atoms with Gasteiger partial charge in [-0.1, -0.05) is 20.3 Å². The molecule has 1 rings (SSSR count). The molecule has 0 saturated carbocycles. The quantitative estimate of drug-likeness (QED) is 0.617. The number of carbonyl (C=O) groups is 3. The first-order chi connectivity index (χ1) is 10.7. The zero-order valence-corrected chi connectivity index (χ0v) is 14.8. The van der Waals surface area contributed by atoms with Gasteiger partial charge in [0, 0.05) is 24.8 Å². The van der Waals surface area contributed by atoms with E-state index in [1.807, 2.05) is 6.92 Å². The molecule has 0 spiro atoms. The van der Waals surface area contributed by atoms with Crippen molar-refractivity contribution in [3.63, 3.8) is 0 Å². The molecule has 0 saturated heterocycles. The van der Waals surface area contributed by atoms with E-state index in [4.69, 9.17) is 0 Å². The summed E-state index contributed by atoms with van der Waals surface area (Å²) >= 11 is 0. The molecule has 0 aliphatic heterocycles. The summed E-state index contributed by atoms with van der Waals surface area (Å²) in [6, 6.07) is 0. The van der Waals surface area contributed by atoms with E-state index in [1.54, 1.807) is 20.9 Å². The third kappa shape index (κ3) is 4.21. The van der Waals surface area contributed by atoms with Crippen molar-refractivity contribution in [2.75, 3.05) is 20.7 Å². The van der Waals surface area contributed by atoms with Crippen LogP contribution in [0.3, 0.4) is 0 Å². The van der Waals surface area contributed by atoms with Gasteiger partial charge in [-0.2, -0.15) is 0 Å². The van der Waals surface area contributed by atoms with Crippen LogP contribution in [-0.2, 0) is 16.0 Å². The minimum Gasteiger partial charge on any atom is -0.469 e. The van der Waals surface area contributed by atoms with Gasteiger partial charge in [0.1, 0.15) is 5.69 Å². The second kappa shape index (κ2) is 7.94. The van der Waals surface area contributed by atoms with Crippen molar-refractivity contribution >= 4 is 17.7 Å². The monoisotopic (exact) mass is 322 g/mol. The molecule has 1 N–H and O–H groups in total. The van der Waals surface area contributed by atoms with Gasteiger partial charge in [-0.3, -0.25) is 14.4 Å². The number of rotatable bonds is 7. The van der Waals surface area contributed by atoms with Crippen LogP contribution in [0.4, 0.5) is 0 Å². The van der Waals surface area contributed by atoms with Crippen molar-refractivity contribution < 1.29 is 19.1 Å². The number of methoxy groups -OCH3 is 1. The number of nitrogens with zero attached hydrogens (tertiary/aromatic N) is 1. The molecule has 128 valence electrons. The highest BCUT2D eigenvalue weighted by molar-refractivity contribution is 6.02. The van der Waals surface area contributed by atoms with Crippen LogP contribution in [0, 0.1) is 12.8 Å². The van der Waals surface area contributed by atoms with Gasteiger partial charge in [0.15, 0.2) is 5.78 Å². The van der Waals surface area contributed by atoms with Crippen LogP contribution in [0.15, 0.2) is 0 Å². The Balaban J connectivity index is 3.10. The molecule has 0 fully saturated rings. The molecule has 6 nitrogen and oxygen atoms in total. The van der Waals surface area contributed by atoms with Gasteiger partial charge in [-0.15, -0.1) is 0 Å². The Bertz CT molecular complexity index is 604. The number of aromatic amines is 1. The fraction of sp³-hybridized carbons (Fsp3) is 0.588. The highest BCUT2D eigenvalue weighted by Crippen LogP contribution is 2.22. The standard InChI is InChI=1S/C17H26N2O4/c1-7-8-13-14(12(4)20)11(3)18-15(13)16(21)19(5)9-10(2)17(22)23-6/h10,18H,7-9H2,1-6H3. The number of amides is 1. The van der Waals surface area contributed by atoms with E-state index >= 15 is 0 Å². The number of H-pyrrole nitrogens is 1. The van der Waals surface area contributed by atoms with Gasteiger partial charge in [0.05, 0.1) is 13.0 Å². The summed E-state index contributed by atoms with van der Waals surface area (Å²) in [5, 5.41) is 0. The summed E-state index contributed by atoms with van der Waals surface area (Å²) < 4.78 is 4.69. The predicted octanol–water partition coefficient (Wildman–Crippen LogP) is 2.36. The van der Waals surface area contributed by atoms with Crippen molar-refractivity contribution in [2.24, 2.45) is 5.92 Å². The Hall–Kier alpha value is -2.11. The van der Waals surface area contributed by atoms with Crippen LogP contribution < -0.4 is 0 Å². The third-order valence-electron chi connectivity index (χ3n) is 3.85. The highest BCUT2D eigenvalue weighted by atomic mass is 16.5. The fourth-order valence-corrected chi connectivity index (χ4v) is 2.80. The second-order valence-corrected chi connectivity index (χ2v) is 5.89. The minimum absolute atomic E-state index is 0.0492. The van der Waals surface area contributed by atoms with E-state index in [2.05, 4.69) is 9.72 Å². The van der Waals surface area contributed by atoms with Crippen LogP contribution >= 0.6 is 0 Å². The van der Waals surface area contributed by atoms with Gasteiger partial charge in [-0.05, 0) is 25.8 Å². The van der Waals surface area contributed by atoms with Crippen LogP contribution in [0.25, 0.3) is 0 Å². The van der Waals surface area contributed by atoms with Gasteiger partial charge < -0.3 is 14.6 Å². The molecule has 1 unspecified atom stereocenters. The van der Waals surface area contributed by atoms with Gasteiger partial charge >= 0.3 is 5.97 Å². The average molecular weight is 322 g/mol. The van der Waals surface area contributed by atoms with Crippen LogP contribution in [0.1, 0.15) is 59.3 Å². The second-order valence-electron chi connectivity index (χ2n) is 5.89. The van der Waals surface area contributed by atoms with Crippen molar-refractivity contribution in [2.45, 2.75) is 40.5 Å². The molecule has 0 aliphatic carbocycles. The average Bonchev–Trinajstić information content (AvgIpc) is 2.82. The molecule has 0 bridgehead atoms. The maximum Gasteiger partial charge on any atom is 0.310 e. The molecule has 0 radical (unpaired) electrons. The maximum atomic E-state index is 12.7. The molecule has 0 aliphatic rings. The third-order valence-corrected chi connectivity index (χ3v) is 3.85. The topological polar surface area (TPSA) is 79.5 Å². The minimum atomic E-state index is -0.410. The Labute approximate surface area is 137 Å². The molecule has 1 atom stereocenters. The smallest absolute Gasteiger partial charge is 0.310 e. The van der Waals surface area contributed by atoms with Gasteiger partial charge in [0.25, 0.3) is 5.91 Å². The number of ketones is 1. The Morgan fingerprint density at radius 1 is 1.30 bits per heavy atom. The highest BCUT2D eigenvalue weighted by Gasteiger charge is 2.26. The van der Waals surface area contributed by atoms with Crippen molar-refractivity contribution in [1.29, 1.82) is 0 Å². The van der Waals surface area contributed by atoms with E-state index in [-0.39, 0.29) is 24.2 Å². The predicted molar refractivity (Wildman–Crippen MR) is 87.7 cm³/mol. The maximum absolute atomic E-state index is 12.7. The Morgan fingerprint density at radius 3 is 2.39 bits per heavy atom. The normalized spacial score (nSPS) is 11.9. The van der Waals surface area contributed by atoms with Crippen LogP contribution in [0.2, 0.25) is 0 Å². The molecule has 6 heteroatoms. The van der Waals surface area contributed by atoms with Crippen molar-refractivity contribution in [3.8, 4) is 0 Å². The van der Waals surface area contributed by atoms with Crippen LogP contribution in [0.5, 0.6) is 0 Å². The summed E-state index contributed by atoms with van der Waals surface area (Å²) in [4.78, 5) is 40.6. The Morgan fingerprint density at radius 2 is 1.91 bits per heavy atom. The lowest BCUT2D eigenvalue weighted by Crippen LogP contribution is -2.34. The Kier molecular flexibility index (Phi) is 6.54. The number of nitrogens with one attached hydrogen (secondary N) is 1. The van der Waals surface area contributed by atoms with E-state index < -0.39 is 5.92 Å². The number of carbonyl (C=O) groups excluding carboxylic acids is 3. The molecule has 1 heterocycles. The molecule has 1 amide bonds. The number of hydrogen-bond donors (Lipinski definition) is 1. The molecular weight excluding hydrogens is 296 g/mol. The zero-order chi connectivity index (χ0) is 17.7. The number of esters is 1. The summed E-state index contributed by atoms with van der Waals surface area (Å²) in [6.45, 7) is 7.27. The summed E-state index contributed by atoms with van der Waals surface area (Å²) in [5.74, 6) is -1.04. The summed E-state index contributed by atoms with van der Waals surface area (Å²) in [7, 11) is 2.97. The summed E-state index contributed by atoms with van der Waals surface area (Å²) in [6.07, 6.45) is 1.49. The number of hydrogen-bond acceptors (Lipinski definition) is 4.